The summed E-state index contributed by atoms with van der Waals surface area (Å²) in [6.07, 6.45) is 2.93. The summed E-state index contributed by atoms with van der Waals surface area (Å²) in [4.78, 5) is 25.5. The van der Waals surface area contributed by atoms with E-state index in [4.69, 9.17) is 4.74 Å². The quantitative estimate of drug-likeness (QED) is 0.496. The summed E-state index contributed by atoms with van der Waals surface area (Å²) in [6, 6.07) is 9.72. The van der Waals surface area contributed by atoms with Gasteiger partial charge in [0, 0.05) is 10.5 Å². The molecule has 0 atom stereocenters. The molecule has 2 aromatic carbocycles. The molecule has 0 saturated carbocycles. The van der Waals surface area contributed by atoms with Crippen molar-refractivity contribution >= 4 is 38.7 Å². The minimum atomic E-state index is -0.619. The van der Waals surface area contributed by atoms with Crippen molar-refractivity contribution in [2.24, 2.45) is 0 Å². The number of anilines is 1. The van der Waals surface area contributed by atoms with Crippen molar-refractivity contribution in [1.82, 2.24) is 19.5 Å². The van der Waals surface area contributed by atoms with Crippen LogP contribution in [0.2, 0.25) is 0 Å². The highest BCUT2D eigenvalue weighted by molar-refractivity contribution is 9.10. The van der Waals surface area contributed by atoms with Crippen LogP contribution in [0.15, 0.2) is 53.3 Å². The molecule has 1 N–H and O–H groups in total. The third-order valence-electron chi connectivity index (χ3n) is 4.31. The minimum Gasteiger partial charge on any atom is -0.497 e. The average Bonchev–Trinajstić information content (AvgIpc) is 3.05. The number of carbonyl (C=O) groups is 1. The van der Waals surface area contributed by atoms with Crippen LogP contribution >= 0.6 is 15.9 Å². The van der Waals surface area contributed by atoms with Gasteiger partial charge >= 0.3 is 0 Å². The van der Waals surface area contributed by atoms with Crippen LogP contribution in [0, 0.1) is 12.7 Å². The smallest absolute Gasteiger partial charge is 0.259 e. The summed E-state index contributed by atoms with van der Waals surface area (Å²) in [7, 11) is 1.60. The maximum atomic E-state index is 13.9. The summed E-state index contributed by atoms with van der Waals surface area (Å²) < 4.78 is 21.6. The number of amides is 1. The summed E-state index contributed by atoms with van der Waals surface area (Å²) in [5.74, 6) is 0.971. The van der Waals surface area contributed by atoms with E-state index in [1.54, 1.807) is 7.11 Å². The number of fused-ring (bicyclic) bond motifs is 1. The summed E-state index contributed by atoms with van der Waals surface area (Å²) >= 11 is 3.23. The highest BCUT2D eigenvalue weighted by atomic mass is 79.9. The Kier molecular flexibility index (Phi) is 4.98. The van der Waals surface area contributed by atoms with Crippen molar-refractivity contribution in [2.45, 2.75) is 6.92 Å². The van der Waals surface area contributed by atoms with E-state index in [9.17, 15) is 9.18 Å². The van der Waals surface area contributed by atoms with E-state index >= 15 is 0 Å². The van der Waals surface area contributed by atoms with E-state index in [0.717, 1.165) is 16.9 Å². The summed E-state index contributed by atoms with van der Waals surface area (Å²) in [5, 5.41) is 2.55. The van der Waals surface area contributed by atoms with Gasteiger partial charge in [0.15, 0.2) is 11.6 Å². The van der Waals surface area contributed by atoms with Gasteiger partial charge in [-0.2, -0.15) is 0 Å². The molecular weight excluding hydrogens is 441 g/mol. The van der Waals surface area contributed by atoms with Crippen molar-refractivity contribution < 1.29 is 13.9 Å². The Morgan fingerprint density at radius 3 is 2.72 bits per heavy atom. The second kappa shape index (κ2) is 7.59. The lowest BCUT2D eigenvalue weighted by atomic mass is 10.2. The first-order valence-corrected chi connectivity index (χ1v) is 9.37. The number of aromatic nitrogens is 4. The Balaban J connectivity index is 1.61. The molecule has 2 heterocycles. The van der Waals surface area contributed by atoms with Gasteiger partial charge in [0.05, 0.1) is 36.1 Å². The fourth-order valence-corrected chi connectivity index (χ4v) is 3.31. The molecule has 4 aromatic rings. The lowest BCUT2D eigenvalue weighted by Gasteiger charge is -2.08. The maximum absolute atomic E-state index is 13.9. The number of nitrogens with one attached hydrogen (secondary N) is 1. The molecular formula is C20H15BrFN5O2. The molecule has 0 unspecified atom stereocenters. The number of carbonyl (C=O) groups excluding carboxylic acids is 1. The Labute approximate surface area is 173 Å². The fourth-order valence-electron chi connectivity index (χ4n) is 2.95. The Bertz CT molecular complexity index is 1220. The highest BCUT2D eigenvalue weighted by Gasteiger charge is 2.15. The van der Waals surface area contributed by atoms with Gasteiger partial charge in [-0.3, -0.25) is 9.36 Å². The van der Waals surface area contributed by atoms with Gasteiger partial charge in [-0.1, -0.05) is 15.9 Å². The molecule has 0 bridgehead atoms. The van der Waals surface area contributed by atoms with Gasteiger partial charge in [0.1, 0.15) is 17.4 Å². The lowest BCUT2D eigenvalue weighted by molar-refractivity contribution is 0.102. The van der Waals surface area contributed by atoms with E-state index in [2.05, 4.69) is 36.2 Å². The maximum Gasteiger partial charge on any atom is 0.259 e. The number of methoxy groups -OCH3 is 1. The van der Waals surface area contributed by atoms with Crippen LogP contribution < -0.4 is 10.1 Å². The van der Waals surface area contributed by atoms with Crippen LogP contribution in [0.4, 0.5) is 10.2 Å². The molecule has 29 heavy (non-hydrogen) atoms. The van der Waals surface area contributed by atoms with Crippen molar-refractivity contribution in [2.75, 3.05) is 12.4 Å². The first-order valence-electron chi connectivity index (χ1n) is 8.58. The number of halogens is 2. The molecule has 7 nitrogen and oxygen atoms in total. The van der Waals surface area contributed by atoms with Crippen LogP contribution in [0.1, 0.15) is 16.2 Å². The van der Waals surface area contributed by atoms with Gasteiger partial charge in [-0.15, -0.1) is 0 Å². The molecule has 4 rings (SSSR count). The zero-order valence-electron chi connectivity index (χ0n) is 15.5. The van der Waals surface area contributed by atoms with Crippen molar-refractivity contribution in [3.8, 4) is 11.6 Å². The summed E-state index contributed by atoms with van der Waals surface area (Å²) in [5.41, 5.74) is 1.53. The second-order valence-electron chi connectivity index (χ2n) is 6.19. The molecule has 1 amide bonds. The Morgan fingerprint density at radius 1 is 1.17 bits per heavy atom. The molecule has 0 aliphatic carbocycles. The number of aryl methyl sites for hydroxylation is 1. The SMILES string of the molecule is COc1ccc2c(c1)nc(C)n2-c1cnc(NC(=O)c2cc(Br)ccc2F)cn1. The van der Waals surface area contributed by atoms with Crippen LogP contribution in [0.25, 0.3) is 16.9 Å². The topological polar surface area (TPSA) is 81.9 Å². The number of benzene rings is 2. The predicted molar refractivity (Wildman–Crippen MR) is 110 cm³/mol. The van der Waals surface area contributed by atoms with E-state index in [-0.39, 0.29) is 11.4 Å². The number of nitrogens with zero attached hydrogens (tertiary/aromatic N) is 4. The van der Waals surface area contributed by atoms with Crippen molar-refractivity contribution in [1.29, 1.82) is 0 Å². The van der Waals surface area contributed by atoms with Gasteiger partial charge < -0.3 is 10.1 Å². The Hall–Kier alpha value is -3.33. The van der Waals surface area contributed by atoms with Gasteiger partial charge in [-0.05, 0) is 37.3 Å². The van der Waals surface area contributed by atoms with Crippen LogP contribution in [-0.2, 0) is 0 Å². The van der Waals surface area contributed by atoms with Gasteiger partial charge in [0.25, 0.3) is 5.91 Å². The number of hydrogen-bond donors (Lipinski definition) is 1. The van der Waals surface area contributed by atoms with Gasteiger partial charge in [-0.25, -0.2) is 19.3 Å². The van der Waals surface area contributed by atoms with E-state index < -0.39 is 11.7 Å². The zero-order chi connectivity index (χ0) is 20.5. The lowest BCUT2D eigenvalue weighted by Crippen LogP contribution is -2.15. The summed E-state index contributed by atoms with van der Waals surface area (Å²) in [6.45, 7) is 1.86. The van der Waals surface area contributed by atoms with E-state index in [0.29, 0.717) is 16.0 Å². The van der Waals surface area contributed by atoms with E-state index in [1.165, 1.54) is 30.6 Å². The molecule has 146 valence electrons. The van der Waals surface area contributed by atoms with Gasteiger partial charge in [0.2, 0.25) is 0 Å². The normalized spacial score (nSPS) is 10.9. The number of hydrogen-bond acceptors (Lipinski definition) is 5. The third kappa shape index (κ3) is 3.68. The number of imidazole rings is 1. The molecule has 0 aliphatic heterocycles. The van der Waals surface area contributed by atoms with Crippen molar-refractivity contribution in [3.63, 3.8) is 0 Å². The van der Waals surface area contributed by atoms with Crippen LogP contribution in [0.3, 0.4) is 0 Å². The third-order valence-corrected chi connectivity index (χ3v) is 4.80. The first-order chi connectivity index (χ1) is 14.0. The zero-order valence-corrected chi connectivity index (χ0v) is 17.1. The second-order valence-corrected chi connectivity index (χ2v) is 7.10. The van der Waals surface area contributed by atoms with Crippen LogP contribution in [0.5, 0.6) is 5.75 Å². The van der Waals surface area contributed by atoms with Crippen LogP contribution in [-0.4, -0.2) is 32.5 Å². The molecule has 0 fully saturated rings. The molecule has 0 spiro atoms. The molecule has 0 aliphatic rings. The highest BCUT2D eigenvalue weighted by Crippen LogP contribution is 2.24. The molecule has 2 aromatic heterocycles. The predicted octanol–water partition coefficient (Wildman–Crippen LogP) is 4.29. The number of ether oxygens (including phenoxy) is 1. The van der Waals surface area contributed by atoms with Crippen molar-refractivity contribution in [3.05, 3.63) is 70.5 Å². The van der Waals surface area contributed by atoms with E-state index in [1.807, 2.05) is 29.7 Å². The average molecular weight is 456 g/mol. The molecule has 0 saturated heterocycles. The monoisotopic (exact) mass is 455 g/mol. The fraction of sp³-hybridized carbons (Fsp3) is 0.100. The number of rotatable bonds is 4. The standard InChI is InChI=1S/C20H15BrFN5O2/c1-11-25-16-8-13(29-2)4-6-17(16)27(11)19-10-23-18(9-24-19)26-20(28)14-7-12(21)3-5-15(14)22/h3-10H,1-2H3,(H,23,26,28). The molecule has 0 radical (unpaired) electrons. The minimum absolute atomic E-state index is 0.0874. The molecule has 9 heteroatoms. The largest absolute Gasteiger partial charge is 0.497 e. The Morgan fingerprint density at radius 2 is 2.00 bits per heavy atom. The first kappa shape index (κ1) is 19.0.